The number of fused-ring (bicyclic) bond motifs is 1. The average Bonchev–Trinajstić information content (AvgIpc) is 2.81. The summed E-state index contributed by atoms with van der Waals surface area (Å²) in [5, 5.41) is 9.67. The number of nitrogens with one attached hydrogen (secondary N) is 3. The van der Waals surface area contributed by atoms with E-state index in [-0.39, 0.29) is 41.9 Å². The molecule has 1 aromatic carbocycles. The molecule has 2 heterocycles. The normalized spacial score (nSPS) is 18.5. The van der Waals surface area contributed by atoms with Crippen LogP contribution in [0.2, 0.25) is 0 Å². The van der Waals surface area contributed by atoms with Gasteiger partial charge in [-0.25, -0.2) is 9.98 Å². The summed E-state index contributed by atoms with van der Waals surface area (Å²) in [7, 11) is 0. The Morgan fingerprint density at radius 2 is 2.00 bits per heavy atom. The lowest BCUT2D eigenvalue weighted by Gasteiger charge is -2.26. The van der Waals surface area contributed by atoms with Gasteiger partial charge in [-0.2, -0.15) is 0 Å². The second-order valence-electron chi connectivity index (χ2n) is 8.49. The van der Waals surface area contributed by atoms with Crippen LogP contribution in [0, 0.1) is 0 Å². The Hall–Kier alpha value is -2.36. The predicted molar refractivity (Wildman–Crippen MR) is 142 cm³/mol. The van der Waals surface area contributed by atoms with Gasteiger partial charge in [-0.05, 0) is 55.9 Å². The number of carbonyl (C=O) groups is 1. The summed E-state index contributed by atoms with van der Waals surface area (Å²) in [4.78, 5) is 21.2. The summed E-state index contributed by atoms with van der Waals surface area (Å²) in [6.45, 7) is 3.98. The molecule has 178 valence electrons. The van der Waals surface area contributed by atoms with Gasteiger partial charge in [0.15, 0.2) is 5.96 Å². The molecule has 0 bridgehead atoms. The number of carbonyl (C=O) groups excluding carboxylic acids is 1. The number of nitrogens with zero attached hydrogens (tertiary/aromatic N) is 2. The molecule has 7 nitrogen and oxygen atoms in total. The summed E-state index contributed by atoms with van der Waals surface area (Å²) in [6, 6.07) is 12.0. The Morgan fingerprint density at radius 1 is 1.18 bits per heavy atom. The molecule has 1 aliphatic carbocycles. The van der Waals surface area contributed by atoms with E-state index in [1.165, 1.54) is 19.3 Å². The number of aliphatic imine (C=N–C) groups is 1. The molecule has 2 aromatic rings. The number of hydrogen-bond acceptors (Lipinski definition) is 4. The third kappa shape index (κ3) is 7.31. The first-order chi connectivity index (χ1) is 15.7. The molecule has 0 radical (unpaired) electrons. The first kappa shape index (κ1) is 25.3. The molecule has 1 atom stereocenters. The smallest absolute Gasteiger partial charge is 0.225 e. The van der Waals surface area contributed by atoms with Gasteiger partial charge >= 0.3 is 0 Å². The topological polar surface area (TPSA) is 87.6 Å². The van der Waals surface area contributed by atoms with Gasteiger partial charge in [0.2, 0.25) is 11.8 Å². The molecule has 1 aliphatic heterocycles. The summed E-state index contributed by atoms with van der Waals surface area (Å²) >= 11 is 0. The zero-order valence-electron chi connectivity index (χ0n) is 19.2. The SMILES string of the molecule is CCNC(=NCc1ccnc(OC2CCCCC2)c1)NCC1CC(=O)Nc2ccccc21.I. The second kappa shape index (κ2) is 12.8. The van der Waals surface area contributed by atoms with E-state index in [0.29, 0.717) is 25.4 Å². The van der Waals surface area contributed by atoms with Crippen molar-refractivity contribution in [2.45, 2.75) is 64.0 Å². The van der Waals surface area contributed by atoms with Crippen LogP contribution in [-0.2, 0) is 11.3 Å². The van der Waals surface area contributed by atoms with Gasteiger partial charge < -0.3 is 20.7 Å². The van der Waals surface area contributed by atoms with Crippen LogP contribution < -0.4 is 20.7 Å². The van der Waals surface area contributed by atoms with Gasteiger partial charge in [0.25, 0.3) is 0 Å². The number of anilines is 1. The summed E-state index contributed by atoms with van der Waals surface area (Å²) < 4.78 is 6.09. The van der Waals surface area contributed by atoms with Crippen molar-refractivity contribution < 1.29 is 9.53 Å². The van der Waals surface area contributed by atoms with Crippen LogP contribution in [0.25, 0.3) is 0 Å². The minimum Gasteiger partial charge on any atom is -0.474 e. The van der Waals surface area contributed by atoms with Crippen LogP contribution >= 0.6 is 24.0 Å². The number of guanidine groups is 1. The monoisotopic (exact) mass is 563 g/mol. The van der Waals surface area contributed by atoms with Crippen molar-refractivity contribution in [1.29, 1.82) is 0 Å². The van der Waals surface area contributed by atoms with Gasteiger partial charge in [-0.15, -0.1) is 24.0 Å². The van der Waals surface area contributed by atoms with E-state index in [2.05, 4.69) is 27.0 Å². The van der Waals surface area contributed by atoms with Gasteiger partial charge in [0.1, 0.15) is 6.10 Å². The fraction of sp³-hybridized carbons (Fsp3) is 0.480. The molecule has 1 aromatic heterocycles. The molecule has 1 fully saturated rings. The van der Waals surface area contributed by atoms with Crippen LogP contribution in [-0.4, -0.2) is 36.0 Å². The lowest BCUT2D eigenvalue weighted by Crippen LogP contribution is -2.40. The second-order valence-corrected chi connectivity index (χ2v) is 8.49. The van der Waals surface area contributed by atoms with Crippen molar-refractivity contribution in [3.63, 3.8) is 0 Å². The quantitative estimate of drug-likeness (QED) is 0.261. The number of pyridine rings is 1. The molecule has 1 unspecified atom stereocenters. The van der Waals surface area contributed by atoms with Crippen molar-refractivity contribution in [3.05, 3.63) is 53.7 Å². The fourth-order valence-electron chi connectivity index (χ4n) is 4.38. The van der Waals surface area contributed by atoms with Gasteiger partial charge in [-0.3, -0.25) is 4.79 Å². The molecule has 1 amide bonds. The zero-order chi connectivity index (χ0) is 22.2. The van der Waals surface area contributed by atoms with Crippen molar-refractivity contribution in [3.8, 4) is 5.88 Å². The largest absolute Gasteiger partial charge is 0.474 e. The number of para-hydroxylation sites is 1. The van der Waals surface area contributed by atoms with E-state index in [9.17, 15) is 4.79 Å². The molecule has 1 saturated carbocycles. The number of aromatic nitrogens is 1. The van der Waals surface area contributed by atoms with E-state index in [0.717, 1.165) is 42.2 Å². The molecular formula is C25H34IN5O2. The molecule has 0 spiro atoms. The minimum atomic E-state index is 0. The highest BCUT2D eigenvalue weighted by Crippen LogP contribution is 2.31. The number of benzene rings is 1. The average molecular weight is 563 g/mol. The Bertz CT molecular complexity index is 946. The third-order valence-electron chi connectivity index (χ3n) is 6.03. The maximum Gasteiger partial charge on any atom is 0.225 e. The Morgan fingerprint density at radius 3 is 2.82 bits per heavy atom. The number of amides is 1. The van der Waals surface area contributed by atoms with Crippen LogP contribution in [0.3, 0.4) is 0 Å². The van der Waals surface area contributed by atoms with Crippen molar-refractivity contribution in [2.75, 3.05) is 18.4 Å². The van der Waals surface area contributed by atoms with Gasteiger partial charge in [-0.1, -0.05) is 24.6 Å². The van der Waals surface area contributed by atoms with Gasteiger partial charge in [0, 0.05) is 43.4 Å². The highest BCUT2D eigenvalue weighted by Gasteiger charge is 2.24. The molecule has 8 heteroatoms. The summed E-state index contributed by atoms with van der Waals surface area (Å²) in [5.41, 5.74) is 3.12. The molecule has 3 N–H and O–H groups in total. The van der Waals surface area contributed by atoms with E-state index >= 15 is 0 Å². The van der Waals surface area contributed by atoms with Crippen molar-refractivity contribution >= 4 is 41.5 Å². The van der Waals surface area contributed by atoms with E-state index in [4.69, 9.17) is 9.73 Å². The van der Waals surface area contributed by atoms with Crippen LogP contribution in [0.4, 0.5) is 5.69 Å². The third-order valence-corrected chi connectivity index (χ3v) is 6.03. The Labute approximate surface area is 213 Å². The highest BCUT2D eigenvalue weighted by atomic mass is 127. The van der Waals surface area contributed by atoms with E-state index in [1.54, 1.807) is 6.20 Å². The molecular weight excluding hydrogens is 529 g/mol. The molecule has 4 rings (SSSR count). The van der Waals surface area contributed by atoms with Crippen molar-refractivity contribution in [2.24, 2.45) is 4.99 Å². The van der Waals surface area contributed by atoms with E-state index < -0.39 is 0 Å². The van der Waals surface area contributed by atoms with Crippen LogP contribution in [0.5, 0.6) is 5.88 Å². The Balaban J connectivity index is 0.00000306. The molecule has 33 heavy (non-hydrogen) atoms. The highest BCUT2D eigenvalue weighted by molar-refractivity contribution is 14.0. The first-order valence-electron chi connectivity index (χ1n) is 11.7. The number of hydrogen-bond donors (Lipinski definition) is 3. The minimum absolute atomic E-state index is 0. The molecule has 2 aliphatic rings. The number of halogens is 1. The lowest BCUT2D eigenvalue weighted by molar-refractivity contribution is -0.116. The Kier molecular flexibility index (Phi) is 9.77. The van der Waals surface area contributed by atoms with Crippen molar-refractivity contribution in [1.82, 2.24) is 15.6 Å². The summed E-state index contributed by atoms with van der Waals surface area (Å²) in [5.74, 6) is 1.59. The summed E-state index contributed by atoms with van der Waals surface area (Å²) in [6.07, 6.45) is 8.54. The van der Waals surface area contributed by atoms with Crippen LogP contribution in [0.15, 0.2) is 47.6 Å². The number of rotatable bonds is 7. The number of ether oxygens (including phenoxy) is 1. The predicted octanol–water partition coefficient (Wildman–Crippen LogP) is 4.59. The zero-order valence-corrected chi connectivity index (χ0v) is 21.5. The van der Waals surface area contributed by atoms with Gasteiger partial charge in [0.05, 0.1) is 6.54 Å². The van der Waals surface area contributed by atoms with Crippen LogP contribution in [0.1, 0.15) is 62.5 Å². The standard InChI is InChI=1S/C25H33N5O2.HI/c1-2-26-25(29-17-19-15-23(31)30-22-11-7-6-10-21(19)22)28-16-18-12-13-27-24(14-18)32-20-8-4-3-5-9-20;/h6-7,10-14,19-20H,2-5,8-9,15-17H2,1H3,(H,30,31)(H2,26,28,29);1H. The van der Waals surface area contributed by atoms with E-state index in [1.807, 2.05) is 37.3 Å². The maximum absolute atomic E-state index is 12.1. The maximum atomic E-state index is 12.1. The lowest BCUT2D eigenvalue weighted by atomic mass is 9.90. The fourth-order valence-corrected chi connectivity index (χ4v) is 4.38. The molecule has 0 saturated heterocycles. The first-order valence-corrected chi connectivity index (χ1v) is 11.7.